The molecular weight excluding hydrogens is 292 g/mol. The molecule has 0 heterocycles. The zero-order valence-electron chi connectivity index (χ0n) is 6.86. The molecule has 0 amide bonds. The smallest absolute Gasteiger partial charge is 1.00 e. The molecule has 0 N–H and O–H groups in total. The monoisotopic (exact) mass is 302 g/mol. The van der Waals surface area contributed by atoms with Gasteiger partial charge in [0, 0.05) is 0 Å². The Bertz CT molecular complexity index is 63.5. The number of hydrogen-bond acceptors (Lipinski definition) is 0. The van der Waals surface area contributed by atoms with Crippen LogP contribution in [-0.2, 0) is 0 Å². The van der Waals surface area contributed by atoms with Crippen LogP contribution in [-0.4, -0.2) is 46.1 Å². The van der Waals surface area contributed by atoms with Gasteiger partial charge in [-0.05, 0) is 0 Å². The van der Waals surface area contributed by atoms with Crippen molar-refractivity contribution in [2.45, 2.75) is 19.3 Å². The number of rotatable bonds is 0. The molecule has 11 heavy (non-hydrogen) atoms. The Balaban J connectivity index is -0.0000000612. The maximum absolute atomic E-state index is 3.95. The van der Waals surface area contributed by atoms with Crippen LogP contribution in [0.15, 0.2) is 0 Å². The molecule has 0 aromatic carbocycles. The predicted octanol–water partition coefficient (Wildman–Crippen LogP) is -4.68. The first-order valence-electron chi connectivity index (χ1n) is 2.95. The van der Waals surface area contributed by atoms with Crippen LogP contribution in [0.4, 0.5) is 0 Å². The molecule has 2 unspecified atom stereocenters. The maximum atomic E-state index is 3.95. The number of halogens is 2. The van der Waals surface area contributed by atoms with E-state index in [1.807, 2.05) is 0 Å². The van der Waals surface area contributed by atoms with E-state index in [4.69, 9.17) is 0 Å². The van der Waals surface area contributed by atoms with Gasteiger partial charge in [0.2, 0.25) is 0 Å². The van der Waals surface area contributed by atoms with Crippen LogP contribution >= 0.6 is 0 Å². The van der Waals surface area contributed by atoms with Gasteiger partial charge in [-0.2, -0.15) is 11.8 Å². The molecule has 0 saturated heterocycles. The summed E-state index contributed by atoms with van der Waals surface area (Å²) in [6, 6.07) is 0. The summed E-state index contributed by atoms with van der Waals surface area (Å²) in [4.78, 5) is 0. The van der Waals surface area contributed by atoms with Crippen molar-refractivity contribution in [2.75, 3.05) is 0 Å². The Kier molecular flexibility index (Phi) is 26.5. The van der Waals surface area contributed by atoms with E-state index in [0.29, 0.717) is 11.8 Å². The molecule has 1 rings (SSSR count). The molecule has 0 aliphatic heterocycles. The summed E-state index contributed by atoms with van der Waals surface area (Å²) in [6.45, 7) is 7.90. The summed E-state index contributed by atoms with van der Waals surface area (Å²) in [5, 5.41) is 0. The first kappa shape index (κ1) is 23.4. The summed E-state index contributed by atoms with van der Waals surface area (Å²) in [5.74, 6) is 1.42. The molecule has 0 radical (unpaired) electrons. The summed E-state index contributed by atoms with van der Waals surface area (Å²) in [5.41, 5.74) is 0. The van der Waals surface area contributed by atoms with Gasteiger partial charge < -0.3 is 47.8 Å². The summed E-state index contributed by atoms with van der Waals surface area (Å²) in [7, 11) is 0. The third kappa shape index (κ3) is 10.4. The van der Waals surface area contributed by atoms with E-state index in [0.717, 1.165) is 0 Å². The fraction of sp³-hybridized carbons (Fsp3) is 0.714. The van der Waals surface area contributed by atoms with Gasteiger partial charge in [0.05, 0.1) is 0 Å². The fourth-order valence-electron chi connectivity index (χ4n) is 1.18. The van der Waals surface area contributed by atoms with Crippen molar-refractivity contribution in [1.29, 1.82) is 0 Å². The maximum Gasteiger partial charge on any atom is 2.00 e. The minimum Gasteiger partial charge on any atom is -1.00 e. The van der Waals surface area contributed by atoms with Crippen molar-refractivity contribution in [3.63, 3.8) is 0 Å². The molecule has 0 bridgehead atoms. The van der Waals surface area contributed by atoms with E-state index in [1.54, 1.807) is 0 Å². The standard InChI is InChI=1S/C7H12.2BrH.2Mg/c1-6-3-4-7(2)5-6;;;;/h6-7H,1-5H2;2*1H;;/q-2;;;2*+2/p-2. The fourth-order valence-corrected chi connectivity index (χ4v) is 1.18. The molecule has 1 aliphatic carbocycles. The quantitative estimate of drug-likeness (QED) is 0.312. The van der Waals surface area contributed by atoms with Crippen LogP contribution in [0.1, 0.15) is 19.3 Å². The SMILES string of the molecule is [Br-].[Br-].[CH2-]C1CCC([CH2-])C1.[Mg+2].[Mg+2]. The van der Waals surface area contributed by atoms with Crippen molar-refractivity contribution in [3.05, 3.63) is 13.8 Å². The van der Waals surface area contributed by atoms with E-state index < -0.39 is 0 Å². The van der Waals surface area contributed by atoms with Crippen LogP contribution in [0.3, 0.4) is 0 Å². The number of hydrogen-bond donors (Lipinski definition) is 0. The zero-order valence-corrected chi connectivity index (χ0v) is 12.9. The molecule has 58 valence electrons. The third-order valence-corrected chi connectivity index (χ3v) is 1.65. The second kappa shape index (κ2) is 12.5. The zero-order chi connectivity index (χ0) is 5.28. The minimum atomic E-state index is 0. The Hall–Kier alpha value is 2.49. The van der Waals surface area contributed by atoms with Crippen LogP contribution < -0.4 is 34.0 Å². The topological polar surface area (TPSA) is 0 Å². The van der Waals surface area contributed by atoms with Crippen molar-refractivity contribution < 1.29 is 34.0 Å². The molecule has 4 heteroatoms. The van der Waals surface area contributed by atoms with Crippen LogP contribution in [0, 0.1) is 25.7 Å². The Morgan fingerprint density at radius 2 is 1.09 bits per heavy atom. The van der Waals surface area contributed by atoms with E-state index in [-0.39, 0.29) is 80.1 Å². The largest absolute Gasteiger partial charge is 2.00 e. The van der Waals surface area contributed by atoms with Gasteiger partial charge in [-0.15, -0.1) is 6.42 Å². The van der Waals surface area contributed by atoms with Gasteiger partial charge in [0.1, 0.15) is 0 Å². The van der Waals surface area contributed by atoms with Gasteiger partial charge >= 0.3 is 46.1 Å². The third-order valence-electron chi connectivity index (χ3n) is 1.65. The normalized spacial score (nSPS) is 26.7. The Morgan fingerprint density at radius 1 is 0.818 bits per heavy atom. The van der Waals surface area contributed by atoms with Gasteiger partial charge in [-0.3, -0.25) is 0 Å². The first-order chi connectivity index (χ1) is 3.29. The van der Waals surface area contributed by atoms with E-state index in [9.17, 15) is 0 Å². The van der Waals surface area contributed by atoms with E-state index >= 15 is 0 Å². The average Bonchev–Trinajstić information content (AvgIpc) is 1.87. The Morgan fingerprint density at radius 3 is 1.18 bits per heavy atom. The van der Waals surface area contributed by atoms with Gasteiger partial charge in [-0.25, -0.2) is 0 Å². The van der Waals surface area contributed by atoms with Crippen molar-refractivity contribution >= 4 is 46.1 Å². The molecule has 0 nitrogen and oxygen atoms in total. The molecule has 1 aliphatic rings. The van der Waals surface area contributed by atoms with Crippen molar-refractivity contribution in [2.24, 2.45) is 11.8 Å². The van der Waals surface area contributed by atoms with Crippen LogP contribution in [0.2, 0.25) is 0 Å². The summed E-state index contributed by atoms with van der Waals surface area (Å²) in [6.07, 6.45) is 3.85. The van der Waals surface area contributed by atoms with Gasteiger partial charge in [-0.1, -0.05) is 12.8 Å². The second-order valence-corrected chi connectivity index (χ2v) is 2.55. The molecule has 1 saturated carbocycles. The van der Waals surface area contributed by atoms with Gasteiger partial charge in [0.15, 0.2) is 0 Å². The molecule has 2 atom stereocenters. The molecule has 0 aromatic rings. The molecule has 1 fully saturated rings. The molecule has 0 aromatic heterocycles. The molecule has 0 spiro atoms. The van der Waals surface area contributed by atoms with E-state index in [2.05, 4.69) is 13.8 Å². The van der Waals surface area contributed by atoms with Crippen molar-refractivity contribution in [1.82, 2.24) is 0 Å². The van der Waals surface area contributed by atoms with Crippen LogP contribution in [0.5, 0.6) is 0 Å². The van der Waals surface area contributed by atoms with Crippen LogP contribution in [0.25, 0.3) is 0 Å². The van der Waals surface area contributed by atoms with Gasteiger partial charge in [0.25, 0.3) is 0 Å². The van der Waals surface area contributed by atoms with Crippen molar-refractivity contribution in [3.8, 4) is 0 Å². The molecular formula is C7H12Br2Mg2. The summed E-state index contributed by atoms with van der Waals surface area (Å²) < 4.78 is 0. The first-order valence-corrected chi connectivity index (χ1v) is 2.95. The Labute approximate surface area is 123 Å². The summed E-state index contributed by atoms with van der Waals surface area (Å²) >= 11 is 0. The second-order valence-electron chi connectivity index (χ2n) is 2.55. The van der Waals surface area contributed by atoms with E-state index in [1.165, 1.54) is 19.3 Å². The predicted molar refractivity (Wildman–Crippen MR) is 43.1 cm³/mol. The minimum absolute atomic E-state index is 0. The average molecular weight is 305 g/mol.